The van der Waals surface area contributed by atoms with Crippen molar-refractivity contribution < 1.29 is 26.3 Å². The Kier molecular flexibility index (Phi) is 16.0. The van der Waals surface area contributed by atoms with Crippen LogP contribution in [0.5, 0.6) is 0 Å². The zero-order chi connectivity index (χ0) is 64.4. The molecule has 4 nitrogen and oxygen atoms in total. The minimum Gasteiger partial charge on any atom is -0.331 e. The number of allylic oxidation sites excluding steroid dienone is 2. The highest BCUT2D eigenvalue weighted by Crippen LogP contribution is 2.57. The fraction of sp³-hybridized carbons (Fsp3) is 0.0714. The van der Waals surface area contributed by atoms with Gasteiger partial charge in [0, 0.05) is 67.6 Å². The summed E-state index contributed by atoms with van der Waals surface area (Å²) in [4.78, 5) is 8.26. The fourth-order valence-corrected chi connectivity index (χ4v) is 13.4. The Balaban J connectivity index is 0.750. The molecule has 1 aliphatic carbocycles. The van der Waals surface area contributed by atoms with Gasteiger partial charge in [-0.15, -0.1) is 0 Å². The third kappa shape index (κ3) is 11.3. The molecule has 13 aromatic carbocycles. The Morgan fingerprint density at radius 3 is 0.979 bits per heavy atom. The van der Waals surface area contributed by atoms with Gasteiger partial charge in [0.1, 0.15) is 0 Å². The highest BCUT2D eigenvalue weighted by Gasteiger charge is 2.72. The van der Waals surface area contributed by atoms with Crippen molar-refractivity contribution in [2.24, 2.45) is 0 Å². The molecule has 0 aromatic heterocycles. The lowest BCUT2D eigenvalue weighted by atomic mass is 9.72. The summed E-state index contributed by atoms with van der Waals surface area (Å²) in [5.41, 5.74) is 5.50. The number of nitrogens with zero attached hydrogens (tertiary/aromatic N) is 4. The van der Waals surface area contributed by atoms with E-state index in [1.807, 2.05) is 155 Å². The Morgan fingerprint density at radius 1 is 0.287 bits per heavy atom. The van der Waals surface area contributed by atoms with Crippen LogP contribution >= 0.6 is 0 Å². The molecule has 0 saturated heterocycles. The van der Waals surface area contributed by atoms with Crippen LogP contribution in [0.3, 0.4) is 0 Å². The van der Waals surface area contributed by atoms with Crippen LogP contribution in [0.2, 0.25) is 0 Å². The van der Waals surface area contributed by atoms with Crippen LogP contribution in [0.25, 0.3) is 43.8 Å². The van der Waals surface area contributed by atoms with Gasteiger partial charge in [-0.25, -0.2) is 0 Å². The Labute approximate surface area is 543 Å². The molecule has 13 aromatic rings. The van der Waals surface area contributed by atoms with Crippen LogP contribution in [0.15, 0.2) is 346 Å². The van der Waals surface area contributed by atoms with Crippen molar-refractivity contribution in [3.05, 3.63) is 357 Å². The second-order valence-corrected chi connectivity index (χ2v) is 23.7. The van der Waals surface area contributed by atoms with E-state index in [1.165, 1.54) is 24.3 Å². The minimum absolute atomic E-state index is 0.347. The van der Waals surface area contributed by atoms with Gasteiger partial charge < -0.3 is 19.6 Å². The summed E-state index contributed by atoms with van der Waals surface area (Å²) in [7, 11) is 0. The van der Waals surface area contributed by atoms with Gasteiger partial charge in [0.05, 0.1) is 11.2 Å². The zero-order valence-electron chi connectivity index (χ0n) is 51.2. The Morgan fingerprint density at radius 2 is 0.596 bits per heavy atom. The molecule has 10 heteroatoms. The number of para-hydroxylation sites is 3. The third-order valence-corrected chi connectivity index (χ3v) is 17.9. The number of alkyl halides is 6. The van der Waals surface area contributed by atoms with E-state index in [4.69, 9.17) is 0 Å². The van der Waals surface area contributed by atoms with E-state index in [0.717, 1.165) is 103 Å². The first-order chi connectivity index (χ1) is 45.8. The normalized spacial score (nSPS) is 14.0. The first-order valence-corrected chi connectivity index (χ1v) is 31.2. The summed E-state index contributed by atoms with van der Waals surface area (Å²) < 4.78 is 96.0. The number of hydrogen-bond donors (Lipinski definition) is 0. The molecule has 1 aliphatic rings. The van der Waals surface area contributed by atoms with Gasteiger partial charge >= 0.3 is 12.4 Å². The first-order valence-electron chi connectivity index (χ1n) is 31.2. The van der Waals surface area contributed by atoms with Crippen LogP contribution < -0.4 is 19.6 Å². The molecule has 14 rings (SSSR count). The van der Waals surface area contributed by atoms with Gasteiger partial charge in [0.25, 0.3) is 0 Å². The van der Waals surface area contributed by atoms with Gasteiger partial charge in [-0.05, 0) is 179 Å². The number of halogens is 6. The third-order valence-electron chi connectivity index (χ3n) is 17.9. The SMILES string of the molecule is CC1(N(c2ccc(-c3ccc(N(c4ccccc4)c4ccc(C(c5ccc(N(c6ccccc6)c6ccc(-c7ccc(N(c8ccccc8)c8cccc9ccccc89)cc7)cc6)cc5)(C(F)(F)F)C(F)(F)F)cc4)cc3)cc2)c2cccc3ccccc23)C=CC=CC1. The lowest BCUT2D eigenvalue weighted by molar-refractivity contribution is -0.288. The molecule has 0 fully saturated rings. The maximum atomic E-state index is 16.0. The van der Waals surface area contributed by atoms with Gasteiger partial charge in [-0.1, -0.05) is 224 Å². The quantitative estimate of drug-likeness (QED) is 0.0894. The smallest absolute Gasteiger partial charge is 0.331 e. The molecular formula is C84H62F6N4. The largest absolute Gasteiger partial charge is 0.411 e. The van der Waals surface area contributed by atoms with E-state index >= 15 is 26.3 Å². The molecule has 0 saturated carbocycles. The molecule has 0 N–H and O–H groups in total. The van der Waals surface area contributed by atoms with Crippen molar-refractivity contribution in [2.75, 3.05) is 19.6 Å². The van der Waals surface area contributed by atoms with E-state index in [1.54, 1.807) is 0 Å². The average Bonchev–Trinajstić information content (AvgIpc) is 0.718. The second kappa shape index (κ2) is 25.0. The molecule has 1 unspecified atom stereocenters. The number of hydrogen-bond acceptors (Lipinski definition) is 4. The summed E-state index contributed by atoms with van der Waals surface area (Å²) >= 11 is 0. The first kappa shape index (κ1) is 60.2. The summed E-state index contributed by atoms with van der Waals surface area (Å²) in [6.07, 6.45) is -2.23. The maximum absolute atomic E-state index is 16.0. The van der Waals surface area contributed by atoms with Crippen LogP contribution in [0.4, 0.5) is 88.9 Å². The Bertz CT molecular complexity index is 4800. The highest BCUT2D eigenvalue weighted by molar-refractivity contribution is 6.00. The van der Waals surface area contributed by atoms with Crippen molar-refractivity contribution in [2.45, 2.75) is 36.7 Å². The molecule has 94 heavy (non-hydrogen) atoms. The van der Waals surface area contributed by atoms with E-state index in [-0.39, 0.29) is 5.54 Å². The van der Waals surface area contributed by atoms with Crippen LogP contribution in [0.1, 0.15) is 24.5 Å². The van der Waals surface area contributed by atoms with E-state index in [0.29, 0.717) is 34.1 Å². The predicted octanol–water partition coefficient (Wildman–Crippen LogP) is 24.6. The number of benzene rings is 13. The van der Waals surface area contributed by atoms with Crippen LogP contribution in [-0.2, 0) is 5.41 Å². The molecule has 1 atom stereocenters. The van der Waals surface area contributed by atoms with Gasteiger partial charge in [0.15, 0.2) is 0 Å². The molecule has 0 radical (unpaired) electrons. The molecule has 0 aliphatic heterocycles. The van der Waals surface area contributed by atoms with Crippen molar-refractivity contribution in [3.63, 3.8) is 0 Å². The van der Waals surface area contributed by atoms with Crippen molar-refractivity contribution >= 4 is 84.1 Å². The second-order valence-electron chi connectivity index (χ2n) is 23.7. The van der Waals surface area contributed by atoms with Gasteiger partial charge in [0.2, 0.25) is 5.41 Å². The van der Waals surface area contributed by atoms with Crippen molar-refractivity contribution in [1.29, 1.82) is 0 Å². The molecule has 0 amide bonds. The van der Waals surface area contributed by atoms with E-state index in [9.17, 15) is 0 Å². The maximum Gasteiger partial charge on any atom is 0.411 e. The van der Waals surface area contributed by atoms with Gasteiger partial charge in [-0.2, -0.15) is 26.3 Å². The van der Waals surface area contributed by atoms with Crippen molar-refractivity contribution in [3.8, 4) is 22.3 Å². The molecular weight excluding hydrogens is 1180 g/mol. The number of fused-ring (bicyclic) bond motifs is 2. The number of anilines is 11. The summed E-state index contributed by atoms with van der Waals surface area (Å²) in [5.74, 6) is 0. The van der Waals surface area contributed by atoms with Crippen LogP contribution in [-0.4, -0.2) is 17.9 Å². The summed E-state index contributed by atoms with van der Waals surface area (Å²) in [6, 6.07) is 99.2. The molecule has 0 bridgehead atoms. The number of rotatable bonds is 16. The molecule has 0 spiro atoms. The average molecular weight is 1240 g/mol. The summed E-state index contributed by atoms with van der Waals surface area (Å²) in [5, 5.41) is 4.53. The highest BCUT2D eigenvalue weighted by atomic mass is 19.4. The molecule has 0 heterocycles. The Hall–Kier alpha value is -11.4. The fourth-order valence-electron chi connectivity index (χ4n) is 13.4. The van der Waals surface area contributed by atoms with E-state index < -0.39 is 28.9 Å². The topological polar surface area (TPSA) is 13.0 Å². The monoisotopic (exact) mass is 1240 g/mol. The lowest BCUT2D eigenvalue weighted by Crippen LogP contribution is -2.54. The van der Waals surface area contributed by atoms with Crippen molar-refractivity contribution in [1.82, 2.24) is 0 Å². The van der Waals surface area contributed by atoms with E-state index in [2.05, 4.69) is 168 Å². The molecule has 460 valence electrons. The predicted molar refractivity (Wildman–Crippen MR) is 376 cm³/mol. The lowest BCUT2D eigenvalue weighted by Gasteiger charge is -2.42. The minimum atomic E-state index is -5.82. The van der Waals surface area contributed by atoms with Crippen LogP contribution in [0, 0.1) is 0 Å². The van der Waals surface area contributed by atoms with Gasteiger partial charge in [-0.3, -0.25) is 0 Å². The zero-order valence-corrected chi connectivity index (χ0v) is 51.2. The summed E-state index contributed by atoms with van der Waals surface area (Å²) in [6.45, 7) is 2.24. The standard InChI is InChI=1S/C84H62F6N4/c1-81(58-16-5-17-59-81)94(80-33-19-23-65-21-13-15-31-78(65)80)76-52-40-63(41-53-76)61-36-48-72(49-37-61)92(69-26-8-3-9-27-69)74-56-44-67(45-57-74)82(83(85,86)87,84(88,89)90)66-42-54-73(55-43-66)91(68-24-6-2-7-25-68)71-46-34-60(35-47-71)62-38-50-75(51-39-62)93(70-28-10-4-11-29-70)79-32-18-22-64-20-12-14-30-77(64)79/h2-58H,59H2,1H3.